The number of aromatic nitrogens is 1. The fraction of sp³-hybridized carbons (Fsp3) is 0.375. The minimum atomic E-state index is 0. The summed E-state index contributed by atoms with van der Waals surface area (Å²) in [5.74, 6) is 1.15. The topological polar surface area (TPSA) is 3.88 Å². The molecule has 0 N–H and O–H groups in total. The first-order chi connectivity index (χ1) is 4.83. The first-order valence-corrected chi connectivity index (χ1v) is 4.39. The maximum atomic E-state index is 2.16. The first-order valence-electron chi connectivity index (χ1n) is 3.41. The molecule has 62 valence electrons. The van der Waals surface area contributed by atoms with E-state index in [0.717, 1.165) is 5.75 Å². The van der Waals surface area contributed by atoms with Gasteiger partial charge in [-0.05, 0) is 5.75 Å². The van der Waals surface area contributed by atoms with Gasteiger partial charge >= 0.3 is 0 Å². The highest BCUT2D eigenvalue weighted by atomic mass is 127. The van der Waals surface area contributed by atoms with Gasteiger partial charge in [0.25, 0.3) is 0 Å². The Labute approximate surface area is 89.2 Å². The van der Waals surface area contributed by atoms with Crippen LogP contribution in [0.3, 0.4) is 0 Å². The third kappa shape index (κ3) is 3.96. The van der Waals surface area contributed by atoms with Gasteiger partial charge in [0.2, 0.25) is 0 Å². The number of aryl methyl sites for hydroxylation is 1. The number of rotatable bonds is 2. The fourth-order valence-corrected chi connectivity index (χ4v) is 1.40. The van der Waals surface area contributed by atoms with Crippen LogP contribution in [0.5, 0.6) is 0 Å². The highest BCUT2D eigenvalue weighted by Gasteiger charge is 1.92. The Kier molecular flexibility index (Phi) is 5.95. The predicted octanol–water partition coefficient (Wildman–Crippen LogP) is -1.37. The molecule has 0 aliphatic rings. The predicted molar refractivity (Wildman–Crippen MR) is 44.0 cm³/mol. The van der Waals surface area contributed by atoms with Gasteiger partial charge in [-0.3, -0.25) is 0 Å². The molecule has 0 saturated heterocycles. The third-order valence-electron chi connectivity index (χ3n) is 1.26. The number of hydrogen-bond acceptors (Lipinski definition) is 1. The maximum absolute atomic E-state index is 2.16. The van der Waals surface area contributed by atoms with Gasteiger partial charge in [0.15, 0.2) is 12.4 Å². The minimum Gasteiger partial charge on any atom is -1.00 e. The molecule has 0 spiro atoms. The molecule has 0 unspecified atom stereocenters. The van der Waals surface area contributed by atoms with Crippen molar-refractivity contribution in [2.75, 3.05) is 5.75 Å². The largest absolute Gasteiger partial charge is 1.00 e. The third-order valence-corrected chi connectivity index (χ3v) is 2.15. The molecule has 0 aliphatic heterocycles. The molecule has 1 aromatic heterocycles. The van der Waals surface area contributed by atoms with E-state index in [1.807, 2.05) is 23.4 Å². The lowest BCUT2D eigenvalue weighted by Gasteiger charge is -1.93. The van der Waals surface area contributed by atoms with Crippen molar-refractivity contribution in [3.05, 3.63) is 24.5 Å². The minimum absolute atomic E-state index is 0. The molecule has 0 saturated carbocycles. The Morgan fingerprint density at radius 1 is 1.36 bits per heavy atom. The molecule has 0 amide bonds. The molecule has 0 aromatic carbocycles. The van der Waals surface area contributed by atoms with E-state index >= 15 is 0 Å². The van der Waals surface area contributed by atoms with E-state index in [1.165, 1.54) is 4.90 Å². The number of hydrogen-bond donors (Lipinski definition) is 0. The summed E-state index contributed by atoms with van der Waals surface area (Å²) in [5, 5.41) is 0. The molecule has 1 aromatic rings. The zero-order valence-corrected chi connectivity index (χ0v) is 9.72. The molecule has 11 heavy (non-hydrogen) atoms. The van der Waals surface area contributed by atoms with Crippen molar-refractivity contribution < 1.29 is 28.5 Å². The van der Waals surface area contributed by atoms with E-state index in [9.17, 15) is 0 Å². The quantitative estimate of drug-likeness (QED) is 0.367. The average molecular weight is 281 g/mol. The van der Waals surface area contributed by atoms with Gasteiger partial charge in [0.05, 0.1) is 0 Å². The molecule has 0 atom stereocenters. The van der Waals surface area contributed by atoms with Crippen LogP contribution in [0.15, 0.2) is 29.4 Å². The summed E-state index contributed by atoms with van der Waals surface area (Å²) in [6, 6.07) is 4.27. The first kappa shape index (κ1) is 11.2. The Morgan fingerprint density at radius 2 is 1.91 bits per heavy atom. The molecule has 0 bridgehead atoms. The summed E-state index contributed by atoms with van der Waals surface area (Å²) in [6.45, 7) is 2.16. The lowest BCUT2D eigenvalue weighted by atomic mass is 10.5. The van der Waals surface area contributed by atoms with Crippen LogP contribution in [0.2, 0.25) is 0 Å². The summed E-state index contributed by atoms with van der Waals surface area (Å²) in [5.41, 5.74) is 0. The van der Waals surface area contributed by atoms with Crippen molar-refractivity contribution in [1.29, 1.82) is 0 Å². The Bertz CT molecular complexity index is 198. The SMILES string of the molecule is CCSc1cc[n+](C)cc1.[I-]. The van der Waals surface area contributed by atoms with E-state index in [0.29, 0.717) is 0 Å². The standard InChI is InChI=1S/C8H12NS.HI/c1-3-10-8-4-6-9(2)7-5-8;/h4-7H,3H2,1-2H3;1H/q+1;/p-1. The molecular formula is C8H12INS. The van der Waals surface area contributed by atoms with Crippen molar-refractivity contribution in [2.45, 2.75) is 11.8 Å². The summed E-state index contributed by atoms with van der Waals surface area (Å²) >= 11 is 1.87. The van der Waals surface area contributed by atoms with E-state index in [-0.39, 0.29) is 24.0 Å². The lowest BCUT2D eigenvalue weighted by Crippen LogP contribution is -3.00. The molecule has 1 rings (SSSR count). The zero-order chi connectivity index (χ0) is 7.40. The van der Waals surface area contributed by atoms with E-state index in [1.54, 1.807) is 0 Å². The number of pyridine rings is 1. The Balaban J connectivity index is 0.000001000. The van der Waals surface area contributed by atoms with Crippen molar-refractivity contribution in [3.63, 3.8) is 0 Å². The lowest BCUT2D eigenvalue weighted by molar-refractivity contribution is -0.671. The van der Waals surface area contributed by atoms with Crippen LogP contribution < -0.4 is 28.5 Å². The van der Waals surface area contributed by atoms with Crippen molar-refractivity contribution >= 4 is 11.8 Å². The number of thioether (sulfide) groups is 1. The highest BCUT2D eigenvalue weighted by molar-refractivity contribution is 7.99. The number of nitrogens with zero attached hydrogens (tertiary/aromatic N) is 1. The van der Waals surface area contributed by atoms with Gasteiger partial charge < -0.3 is 24.0 Å². The normalized spacial score (nSPS) is 8.91. The van der Waals surface area contributed by atoms with Crippen LogP contribution in [0.1, 0.15) is 6.92 Å². The summed E-state index contributed by atoms with van der Waals surface area (Å²) in [4.78, 5) is 1.35. The fourth-order valence-electron chi connectivity index (χ4n) is 0.750. The van der Waals surface area contributed by atoms with E-state index in [4.69, 9.17) is 0 Å². The second kappa shape index (κ2) is 5.83. The van der Waals surface area contributed by atoms with E-state index in [2.05, 4.69) is 31.5 Å². The van der Waals surface area contributed by atoms with Gasteiger partial charge in [-0.25, -0.2) is 4.57 Å². The molecule has 0 radical (unpaired) electrons. The monoisotopic (exact) mass is 281 g/mol. The second-order valence-electron chi connectivity index (χ2n) is 2.13. The maximum Gasteiger partial charge on any atom is 0.169 e. The van der Waals surface area contributed by atoms with Gasteiger partial charge in [-0.2, -0.15) is 0 Å². The van der Waals surface area contributed by atoms with Crippen molar-refractivity contribution in [3.8, 4) is 0 Å². The van der Waals surface area contributed by atoms with Crippen LogP contribution in [0.25, 0.3) is 0 Å². The average Bonchev–Trinajstić information content (AvgIpc) is 1.95. The van der Waals surface area contributed by atoms with Gasteiger partial charge in [-0.15, -0.1) is 11.8 Å². The Hall–Kier alpha value is 0.230. The second-order valence-corrected chi connectivity index (χ2v) is 3.47. The van der Waals surface area contributed by atoms with Crippen LogP contribution in [-0.2, 0) is 7.05 Å². The molecule has 0 aliphatic carbocycles. The van der Waals surface area contributed by atoms with Gasteiger partial charge in [-0.1, -0.05) is 6.92 Å². The Morgan fingerprint density at radius 3 is 2.36 bits per heavy atom. The molecule has 3 heteroatoms. The van der Waals surface area contributed by atoms with Crippen LogP contribution in [-0.4, -0.2) is 5.75 Å². The molecule has 0 fully saturated rings. The van der Waals surface area contributed by atoms with Crippen molar-refractivity contribution in [2.24, 2.45) is 7.05 Å². The summed E-state index contributed by atoms with van der Waals surface area (Å²) in [6.07, 6.45) is 4.13. The highest BCUT2D eigenvalue weighted by Crippen LogP contribution is 2.13. The zero-order valence-electron chi connectivity index (χ0n) is 6.75. The summed E-state index contributed by atoms with van der Waals surface area (Å²) < 4.78 is 2.04. The van der Waals surface area contributed by atoms with Gasteiger partial charge in [0, 0.05) is 17.0 Å². The number of halogens is 1. The molecular weight excluding hydrogens is 269 g/mol. The van der Waals surface area contributed by atoms with Crippen LogP contribution in [0.4, 0.5) is 0 Å². The van der Waals surface area contributed by atoms with Crippen molar-refractivity contribution in [1.82, 2.24) is 0 Å². The molecule has 1 heterocycles. The smallest absolute Gasteiger partial charge is 0.169 e. The van der Waals surface area contributed by atoms with Crippen LogP contribution in [0, 0.1) is 0 Å². The van der Waals surface area contributed by atoms with Gasteiger partial charge in [0.1, 0.15) is 7.05 Å². The van der Waals surface area contributed by atoms with Crippen LogP contribution >= 0.6 is 11.8 Å². The molecule has 1 nitrogen and oxygen atoms in total. The van der Waals surface area contributed by atoms with E-state index < -0.39 is 0 Å². The summed E-state index contributed by atoms with van der Waals surface area (Å²) in [7, 11) is 2.03.